The van der Waals surface area contributed by atoms with Crippen LogP contribution in [-0.4, -0.2) is 15.9 Å². The maximum Gasteiger partial charge on any atom is 0.293 e. The van der Waals surface area contributed by atoms with Gasteiger partial charge in [-0.25, -0.2) is 0 Å². The number of rotatable bonds is 4. The molecule has 0 unspecified atom stereocenters. The van der Waals surface area contributed by atoms with Gasteiger partial charge in [-0.15, -0.1) is 11.3 Å². The van der Waals surface area contributed by atoms with E-state index in [4.69, 9.17) is 16.6 Å². The third kappa shape index (κ3) is 4.33. The molecule has 0 fully saturated rings. The third-order valence-corrected chi connectivity index (χ3v) is 6.32. The average Bonchev–Trinajstić information content (AvgIpc) is 3.38. The van der Waals surface area contributed by atoms with Gasteiger partial charge >= 0.3 is 0 Å². The summed E-state index contributed by atoms with van der Waals surface area (Å²) in [6, 6.07) is 11.2. The summed E-state index contributed by atoms with van der Waals surface area (Å²) in [6.07, 6.45) is 3.99. The highest BCUT2D eigenvalue weighted by Gasteiger charge is 2.22. The van der Waals surface area contributed by atoms with Crippen LogP contribution in [0.5, 0.6) is 0 Å². The molecule has 156 valence electrons. The molecule has 10 heteroatoms. The maximum absolute atomic E-state index is 12.5. The van der Waals surface area contributed by atoms with E-state index in [1.165, 1.54) is 34.4 Å². The molecule has 0 radical (unpaired) electrons. The molecule has 1 aliphatic rings. The van der Waals surface area contributed by atoms with Crippen LogP contribution in [0.3, 0.4) is 0 Å². The van der Waals surface area contributed by atoms with E-state index in [0.717, 1.165) is 31.2 Å². The fourth-order valence-electron chi connectivity index (χ4n) is 3.46. The zero-order valence-corrected chi connectivity index (χ0v) is 17.8. The number of nitrogens with zero attached hydrogens (tertiary/aromatic N) is 2. The second-order valence-electron chi connectivity index (χ2n) is 6.91. The standard InChI is InChI=1S/C21H16N4O4S2/c22-11-15-14-6-1-2-7-18(14)31-20(15)24-21(30)23-19(26)17-9-8-16(29-17)12-4-3-5-13(10-12)25(27)28/h3-5,8-10H,1-2,6-7H2,(H2,23,24,26,30). The van der Waals surface area contributed by atoms with E-state index in [-0.39, 0.29) is 16.6 Å². The fourth-order valence-corrected chi connectivity index (χ4v) is 4.96. The first-order chi connectivity index (χ1) is 15.0. The van der Waals surface area contributed by atoms with Crippen LogP contribution in [0.4, 0.5) is 10.7 Å². The van der Waals surface area contributed by atoms with Crippen LogP contribution in [0.2, 0.25) is 0 Å². The van der Waals surface area contributed by atoms with Crippen molar-refractivity contribution < 1.29 is 14.1 Å². The van der Waals surface area contributed by atoms with Crippen LogP contribution in [0, 0.1) is 21.4 Å². The van der Waals surface area contributed by atoms with Crippen LogP contribution in [0.1, 0.15) is 39.4 Å². The summed E-state index contributed by atoms with van der Waals surface area (Å²) in [5, 5.41) is 26.7. The van der Waals surface area contributed by atoms with Crippen molar-refractivity contribution in [3.8, 4) is 17.4 Å². The van der Waals surface area contributed by atoms with E-state index in [1.54, 1.807) is 18.2 Å². The Hall–Kier alpha value is -3.55. The zero-order valence-electron chi connectivity index (χ0n) is 16.1. The summed E-state index contributed by atoms with van der Waals surface area (Å²) in [5.41, 5.74) is 2.07. The Morgan fingerprint density at radius 1 is 1.26 bits per heavy atom. The lowest BCUT2D eigenvalue weighted by molar-refractivity contribution is -0.384. The molecule has 0 aliphatic heterocycles. The highest BCUT2D eigenvalue weighted by Crippen LogP contribution is 2.37. The van der Waals surface area contributed by atoms with Crippen molar-refractivity contribution in [1.82, 2.24) is 5.32 Å². The topological polar surface area (TPSA) is 121 Å². The minimum absolute atomic E-state index is 0.0108. The SMILES string of the molecule is N#Cc1c(NC(=S)NC(=O)c2ccc(-c3cccc([N+](=O)[O-])c3)o2)sc2c1CCCC2. The number of thiophene rings is 1. The number of anilines is 1. The number of aryl methyl sites for hydroxylation is 1. The monoisotopic (exact) mass is 452 g/mol. The molecule has 0 atom stereocenters. The summed E-state index contributed by atoms with van der Waals surface area (Å²) in [5.74, 6) is -0.226. The molecule has 0 bridgehead atoms. The molecule has 2 N–H and O–H groups in total. The number of nitrogens with one attached hydrogen (secondary N) is 2. The number of benzene rings is 1. The van der Waals surface area contributed by atoms with Gasteiger partial charge in [0.05, 0.1) is 10.5 Å². The summed E-state index contributed by atoms with van der Waals surface area (Å²) < 4.78 is 5.56. The van der Waals surface area contributed by atoms with Crippen LogP contribution in [-0.2, 0) is 12.8 Å². The van der Waals surface area contributed by atoms with Gasteiger partial charge in [-0.1, -0.05) is 12.1 Å². The van der Waals surface area contributed by atoms with Gasteiger partial charge in [-0.05, 0) is 55.6 Å². The van der Waals surface area contributed by atoms with Gasteiger partial charge in [-0.3, -0.25) is 20.2 Å². The molecule has 0 spiro atoms. The second kappa shape index (κ2) is 8.67. The predicted octanol–water partition coefficient (Wildman–Crippen LogP) is 4.79. The quantitative estimate of drug-likeness (QED) is 0.331. The van der Waals surface area contributed by atoms with Gasteiger partial charge in [0.1, 0.15) is 16.8 Å². The molecule has 8 nitrogen and oxygen atoms in total. The largest absolute Gasteiger partial charge is 0.451 e. The number of hydrogen-bond donors (Lipinski definition) is 2. The van der Waals surface area contributed by atoms with E-state index < -0.39 is 10.8 Å². The third-order valence-electron chi connectivity index (χ3n) is 4.91. The van der Waals surface area contributed by atoms with Crippen LogP contribution >= 0.6 is 23.6 Å². The second-order valence-corrected chi connectivity index (χ2v) is 8.42. The van der Waals surface area contributed by atoms with Crippen LogP contribution < -0.4 is 10.6 Å². The van der Waals surface area contributed by atoms with Crippen molar-refractivity contribution in [2.45, 2.75) is 25.7 Å². The zero-order chi connectivity index (χ0) is 22.0. The van der Waals surface area contributed by atoms with Crippen molar-refractivity contribution in [2.75, 3.05) is 5.32 Å². The summed E-state index contributed by atoms with van der Waals surface area (Å²) in [4.78, 5) is 24.2. The minimum Gasteiger partial charge on any atom is -0.451 e. The number of furan rings is 1. The molecule has 1 amide bonds. The van der Waals surface area contributed by atoms with E-state index in [9.17, 15) is 20.2 Å². The maximum atomic E-state index is 12.5. The molecule has 1 aliphatic carbocycles. The first-order valence-corrected chi connectivity index (χ1v) is 10.7. The Labute approximate surface area is 186 Å². The number of nitro benzene ring substituents is 1. The van der Waals surface area contributed by atoms with Gasteiger partial charge in [0.2, 0.25) is 0 Å². The molecule has 31 heavy (non-hydrogen) atoms. The highest BCUT2D eigenvalue weighted by atomic mass is 32.1. The van der Waals surface area contributed by atoms with Gasteiger partial charge in [0.25, 0.3) is 11.6 Å². The summed E-state index contributed by atoms with van der Waals surface area (Å²) in [6.45, 7) is 0. The summed E-state index contributed by atoms with van der Waals surface area (Å²) >= 11 is 6.74. The molecule has 0 saturated heterocycles. The number of hydrogen-bond acceptors (Lipinski definition) is 7. The van der Waals surface area contributed by atoms with Crippen molar-refractivity contribution in [1.29, 1.82) is 5.26 Å². The lowest BCUT2D eigenvalue weighted by Gasteiger charge is -2.09. The number of thiocarbonyl (C=S) groups is 1. The Bertz CT molecular complexity index is 1240. The number of nitro groups is 1. The number of fused-ring (bicyclic) bond motifs is 1. The first-order valence-electron chi connectivity index (χ1n) is 9.48. The Balaban J connectivity index is 1.45. The molecule has 2 aromatic heterocycles. The van der Waals surface area contributed by atoms with E-state index >= 15 is 0 Å². The molecule has 0 saturated carbocycles. The molecule has 2 heterocycles. The van der Waals surface area contributed by atoms with Crippen LogP contribution in [0.25, 0.3) is 11.3 Å². The van der Waals surface area contributed by atoms with Crippen molar-refractivity contribution >= 4 is 45.3 Å². The van der Waals surface area contributed by atoms with E-state index in [1.807, 2.05) is 0 Å². The van der Waals surface area contributed by atoms with Crippen molar-refractivity contribution in [3.05, 3.63) is 68.3 Å². The molecule has 4 rings (SSSR count). The lowest BCUT2D eigenvalue weighted by atomic mass is 9.96. The number of amides is 1. The lowest BCUT2D eigenvalue weighted by Crippen LogP contribution is -2.33. The summed E-state index contributed by atoms with van der Waals surface area (Å²) in [7, 11) is 0. The van der Waals surface area contributed by atoms with Gasteiger partial charge in [-0.2, -0.15) is 5.26 Å². The van der Waals surface area contributed by atoms with Gasteiger partial charge < -0.3 is 9.73 Å². The Morgan fingerprint density at radius 3 is 2.84 bits per heavy atom. The van der Waals surface area contributed by atoms with Crippen molar-refractivity contribution in [3.63, 3.8) is 0 Å². The average molecular weight is 453 g/mol. The van der Waals surface area contributed by atoms with Crippen molar-refractivity contribution in [2.24, 2.45) is 0 Å². The fraction of sp³-hybridized carbons (Fsp3) is 0.190. The molecular weight excluding hydrogens is 436 g/mol. The Morgan fingerprint density at radius 2 is 2.06 bits per heavy atom. The number of carbonyl (C=O) groups excluding carboxylic acids is 1. The van der Waals surface area contributed by atoms with Crippen LogP contribution in [0.15, 0.2) is 40.8 Å². The van der Waals surface area contributed by atoms with E-state index in [2.05, 4.69) is 16.7 Å². The number of carbonyl (C=O) groups is 1. The number of non-ortho nitro benzene ring substituents is 1. The smallest absolute Gasteiger partial charge is 0.293 e. The van der Waals surface area contributed by atoms with E-state index in [0.29, 0.717) is 21.9 Å². The first kappa shape index (κ1) is 20.7. The predicted molar refractivity (Wildman–Crippen MR) is 120 cm³/mol. The minimum atomic E-state index is -0.561. The molecule has 1 aromatic carbocycles. The highest BCUT2D eigenvalue weighted by molar-refractivity contribution is 7.80. The van der Waals surface area contributed by atoms with Gasteiger partial charge in [0.15, 0.2) is 10.9 Å². The molecule has 3 aromatic rings. The normalized spacial score (nSPS) is 12.5. The number of nitriles is 1. The Kier molecular flexibility index (Phi) is 5.79. The van der Waals surface area contributed by atoms with Gasteiger partial charge in [0, 0.05) is 22.6 Å². The molecular formula is C21H16N4O4S2.